The minimum Gasteiger partial charge on any atom is -0.357 e. The average molecular weight is 298 g/mol. The molecule has 1 saturated heterocycles. The van der Waals surface area contributed by atoms with E-state index >= 15 is 0 Å². The Morgan fingerprint density at radius 1 is 1.14 bits per heavy atom. The van der Waals surface area contributed by atoms with Crippen LogP contribution in [0.4, 0.5) is 5.82 Å². The van der Waals surface area contributed by atoms with Crippen LogP contribution in [0.3, 0.4) is 0 Å². The monoisotopic (exact) mass is 298 g/mol. The van der Waals surface area contributed by atoms with Gasteiger partial charge in [-0.25, -0.2) is 4.98 Å². The van der Waals surface area contributed by atoms with Crippen molar-refractivity contribution in [2.45, 2.75) is 12.8 Å². The number of anilines is 1. The number of hydrogen-bond donors (Lipinski definition) is 0. The van der Waals surface area contributed by atoms with Crippen LogP contribution in [-0.2, 0) is 0 Å². The topological polar surface area (TPSA) is 55.1 Å². The first-order chi connectivity index (χ1) is 10.4. The summed E-state index contributed by atoms with van der Waals surface area (Å²) in [6.45, 7) is 2.14. The molecular weight excluding hydrogens is 284 g/mol. The molecule has 1 fully saturated rings. The van der Waals surface area contributed by atoms with Gasteiger partial charge < -0.3 is 9.42 Å². The number of pyridine rings is 1. The third kappa shape index (κ3) is 2.42. The second-order valence-electron chi connectivity index (χ2n) is 5.03. The van der Waals surface area contributed by atoms with E-state index in [9.17, 15) is 0 Å². The molecule has 1 aliphatic rings. The molecule has 0 radical (unpaired) electrons. The largest absolute Gasteiger partial charge is 0.357 e. The second kappa shape index (κ2) is 5.29. The summed E-state index contributed by atoms with van der Waals surface area (Å²) >= 11 is 1.61. The van der Waals surface area contributed by atoms with Crippen LogP contribution >= 0.6 is 11.3 Å². The first kappa shape index (κ1) is 12.5. The van der Waals surface area contributed by atoms with Gasteiger partial charge in [0.05, 0.1) is 5.56 Å². The van der Waals surface area contributed by atoms with Crippen LogP contribution in [0.15, 0.2) is 39.7 Å². The van der Waals surface area contributed by atoms with E-state index in [0.717, 1.165) is 30.0 Å². The number of aromatic nitrogens is 3. The molecule has 6 heteroatoms. The summed E-state index contributed by atoms with van der Waals surface area (Å²) in [5, 5.41) is 8.08. The van der Waals surface area contributed by atoms with Gasteiger partial charge in [0.1, 0.15) is 5.82 Å². The minimum atomic E-state index is 0.561. The molecule has 0 bridgehead atoms. The second-order valence-corrected chi connectivity index (χ2v) is 5.81. The lowest BCUT2D eigenvalue weighted by molar-refractivity contribution is 0.432. The standard InChI is InChI=1S/C15H14N4OS/c1-2-7-19(6-1)13-9-11(3-5-16-13)14-17-15(20-18-14)12-4-8-21-10-12/h3-5,8-10H,1-2,6-7H2. The normalized spacial score (nSPS) is 14.8. The molecule has 3 aromatic rings. The highest BCUT2D eigenvalue weighted by Crippen LogP contribution is 2.26. The number of rotatable bonds is 3. The molecule has 106 valence electrons. The van der Waals surface area contributed by atoms with Crippen LogP contribution < -0.4 is 4.90 Å². The Morgan fingerprint density at radius 3 is 2.86 bits per heavy atom. The summed E-state index contributed by atoms with van der Waals surface area (Å²) in [6, 6.07) is 5.93. The highest BCUT2D eigenvalue weighted by Gasteiger charge is 2.16. The molecule has 21 heavy (non-hydrogen) atoms. The summed E-state index contributed by atoms with van der Waals surface area (Å²) < 4.78 is 5.34. The summed E-state index contributed by atoms with van der Waals surface area (Å²) in [7, 11) is 0. The molecule has 0 N–H and O–H groups in total. The SMILES string of the molecule is c1cc(-c2noc(-c3ccsc3)n2)cc(N2CCCC2)n1. The molecule has 4 heterocycles. The van der Waals surface area contributed by atoms with Crippen LogP contribution in [0.25, 0.3) is 22.8 Å². The Kier molecular flexibility index (Phi) is 3.16. The highest BCUT2D eigenvalue weighted by molar-refractivity contribution is 7.08. The zero-order valence-corrected chi connectivity index (χ0v) is 12.2. The van der Waals surface area contributed by atoms with Crippen molar-refractivity contribution in [3.8, 4) is 22.8 Å². The molecule has 0 spiro atoms. The Balaban J connectivity index is 1.65. The zero-order valence-electron chi connectivity index (χ0n) is 11.4. The summed E-state index contributed by atoms with van der Waals surface area (Å²) in [5.74, 6) is 2.16. The van der Waals surface area contributed by atoms with E-state index in [1.807, 2.05) is 35.2 Å². The maximum absolute atomic E-state index is 5.34. The van der Waals surface area contributed by atoms with Gasteiger partial charge in [-0.1, -0.05) is 5.16 Å². The van der Waals surface area contributed by atoms with Crippen molar-refractivity contribution in [2.24, 2.45) is 0 Å². The van der Waals surface area contributed by atoms with Gasteiger partial charge in [0.2, 0.25) is 5.82 Å². The van der Waals surface area contributed by atoms with E-state index in [1.54, 1.807) is 11.3 Å². The van der Waals surface area contributed by atoms with E-state index in [-0.39, 0.29) is 0 Å². The third-order valence-corrected chi connectivity index (χ3v) is 4.31. The van der Waals surface area contributed by atoms with Crippen molar-refractivity contribution >= 4 is 17.2 Å². The predicted molar refractivity (Wildman–Crippen MR) is 82.3 cm³/mol. The number of hydrogen-bond acceptors (Lipinski definition) is 6. The van der Waals surface area contributed by atoms with Crippen molar-refractivity contribution in [2.75, 3.05) is 18.0 Å². The Morgan fingerprint density at radius 2 is 2.05 bits per heavy atom. The molecule has 0 aromatic carbocycles. The molecular formula is C15H14N4OS. The van der Waals surface area contributed by atoms with Gasteiger partial charge in [0, 0.05) is 30.2 Å². The number of nitrogens with zero attached hydrogens (tertiary/aromatic N) is 4. The molecule has 0 atom stereocenters. The molecule has 0 aliphatic carbocycles. The van der Waals surface area contributed by atoms with Gasteiger partial charge in [-0.05, 0) is 36.4 Å². The lowest BCUT2D eigenvalue weighted by Crippen LogP contribution is -2.18. The fourth-order valence-corrected chi connectivity index (χ4v) is 3.15. The van der Waals surface area contributed by atoms with Crippen molar-refractivity contribution < 1.29 is 4.52 Å². The fraction of sp³-hybridized carbons (Fsp3) is 0.267. The smallest absolute Gasteiger partial charge is 0.259 e. The lowest BCUT2D eigenvalue weighted by Gasteiger charge is -2.16. The van der Waals surface area contributed by atoms with Crippen molar-refractivity contribution in [1.29, 1.82) is 0 Å². The van der Waals surface area contributed by atoms with Crippen LogP contribution in [0, 0.1) is 0 Å². The lowest BCUT2D eigenvalue weighted by atomic mass is 10.2. The summed E-state index contributed by atoms with van der Waals surface area (Å²) in [6.07, 6.45) is 4.27. The van der Waals surface area contributed by atoms with Gasteiger partial charge in [0.25, 0.3) is 5.89 Å². The predicted octanol–water partition coefficient (Wildman–Crippen LogP) is 3.46. The zero-order chi connectivity index (χ0) is 14.1. The van der Waals surface area contributed by atoms with E-state index < -0.39 is 0 Å². The van der Waals surface area contributed by atoms with E-state index in [4.69, 9.17) is 4.52 Å². The summed E-state index contributed by atoms with van der Waals surface area (Å²) in [4.78, 5) is 11.2. The maximum Gasteiger partial charge on any atom is 0.259 e. The van der Waals surface area contributed by atoms with Gasteiger partial charge in [-0.2, -0.15) is 16.3 Å². The molecule has 5 nitrogen and oxygen atoms in total. The first-order valence-corrected chi connectivity index (χ1v) is 7.92. The number of thiophene rings is 1. The summed E-state index contributed by atoms with van der Waals surface area (Å²) in [5.41, 5.74) is 1.91. The minimum absolute atomic E-state index is 0.561. The van der Waals surface area contributed by atoms with Crippen LogP contribution in [0.5, 0.6) is 0 Å². The van der Waals surface area contributed by atoms with Crippen molar-refractivity contribution in [1.82, 2.24) is 15.1 Å². The van der Waals surface area contributed by atoms with E-state index in [1.165, 1.54) is 12.8 Å². The van der Waals surface area contributed by atoms with E-state index in [2.05, 4.69) is 20.0 Å². The quantitative estimate of drug-likeness (QED) is 0.741. The van der Waals surface area contributed by atoms with Crippen molar-refractivity contribution in [3.05, 3.63) is 35.2 Å². The first-order valence-electron chi connectivity index (χ1n) is 6.98. The third-order valence-electron chi connectivity index (χ3n) is 3.63. The van der Waals surface area contributed by atoms with Crippen LogP contribution in [0.2, 0.25) is 0 Å². The Labute approximate surface area is 126 Å². The van der Waals surface area contributed by atoms with Gasteiger partial charge >= 0.3 is 0 Å². The molecule has 3 aromatic heterocycles. The van der Waals surface area contributed by atoms with Gasteiger partial charge in [0.15, 0.2) is 0 Å². The van der Waals surface area contributed by atoms with Crippen molar-refractivity contribution in [3.63, 3.8) is 0 Å². The van der Waals surface area contributed by atoms with Gasteiger partial charge in [-0.3, -0.25) is 0 Å². The van der Waals surface area contributed by atoms with Crippen LogP contribution in [-0.4, -0.2) is 28.2 Å². The highest BCUT2D eigenvalue weighted by atomic mass is 32.1. The molecule has 1 aliphatic heterocycles. The molecule has 0 saturated carbocycles. The fourth-order valence-electron chi connectivity index (χ4n) is 2.52. The Hall–Kier alpha value is -2.21. The maximum atomic E-state index is 5.34. The van der Waals surface area contributed by atoms with Crippen LogP contribution in [0.1, 0.15) is 12.8 Å². The molecule has 4 rings (SSSR count). The van der Waals surface area contributed by atoms with Gasteiger partial charge in [-0.15, -0.1) is 0 Å². The average Bonchev–Trinajstić information content (AvgIpc) is 3.26. The molecule has 0 amide bonds. The van der Waals surface area contributed by atoms with E-state index in [0.29, 0.717) is 11.7 Å². The molecule has 0 unspecified atom stereocenters. The Bertz CT molecular complexity index is 732.